The molecule has 0 aliphatic rings. The second-order valence-corrected chi connectivity index (χ2v) is 8.33. The molecule has 0 fully saturated rings. The van der Waals surface area contributed by atoms with E-state index in [1.807, 2.05) is 0 Å². The Balaban J connectivity index is 0. The molecule has 0 atom stereocenters. The second kappa shape index (κ2) is 18.2. The Hall–Kier alpha value is -0.781. The van der Waals surface area contributed by atoms with Crippen molar-refractivity contribution in [3.05, 3.63) is 24.8 Å². The van der Waals surface area contributed by atoms with Crippen LogP contribution in [0.25, 0.3) is 0 Å². The van der Waals surface area contributed by atoms with Crippen molar-refractivity contribution in [1.82, 2.24) is 0 Å². The Labute approximate surface area is 132 Å². The van der Waals surface area contributed by atoms with Gasteiger partial charge in [0.25, 0.3) is 0 Å². The van der Waals surface area contributed by atoms with Gasteiger partial charge in [0.15, 0.2) is 0 Å². The number of carbonyl (C=O) groups excluding carboxylic acids is 1. The summed E-state index contributed by atoms with van der Waals surface area (Å²) in [5.74, 6) is -1.87. The SMILES string of the molecule is C=CCOC(=O)/C=C\C(=O)O.CCC[CH2][Sn][CH2]CCC. The Morgan fingerprint density at radius 3 is 2.10 bits per heavy atom. The van der Waals surface area contributed by atoms with E-state index in [0.29, 0.717) is 6.08 Å². The summed E-state index contributed by atoms with van der Waals surface area (Å²) in [7, 11) is 0. The fourth-order valence-corrected chi connectivity index (χ4v) is 5.22. The molecule has 0 unspecified atom stereocenters. The van der Waals surface area contributed by atoms with Gasteiger partial charge >= 0.3 is 81.5 Å². The van der Waals surface area contributed by atoms with E-state index in [-0.39, 0.29) is 27.7 Å². The average Bonchev–Trinajstić information content (AvgIpc) is 2.43. The molecule has 0 heterocycles. The summed E-state index contributed by atoms with van der Waals surface area (Å²) in [5.41, 5.74) is 0. The summed E-state index contributed by atoms with van der Waals surface area (Å²) in [6, 6.07) is 0. The fraction of sp³-hybridized carbons (Fsp3) is 0.600. The number of hydrogen-bond acceptors (Lipinski definition) is 3. The molecule has 0 amide bonds. The third-order valence-corrected chi connectivity index (χ3v) is 6.16. The van der Waals surface area contributed by atoms with Crippen molar-refractivity contribution >= 4 is 33.1 Å². The molecule has 0 saturated heterocycles. The predicted octanol–water partition coefficient (Wildman–Crippen LogP) is 3.48. The van der Waals surface area contributed by atoms with Gasteiger partial charge in [-0.2, -0.15) is 0 Å². The molecule has 0 aliphatic carbocycles. The summed E-state index contributed by atoms with van der Waals surface area (Å²) in [6.45, 7) is 7.98. The maximum atomic E-state index is 10.5. The molecular formula is C15H26O4Sn. The molecule has 1 N–H and O–H groups in total. The van der Waals surface area contributed by atoms with Crippen LogP contribution < -0.4 is 0 Å². The zero-order valence-electron chi connectivity index (χ0n) is 12.6. The zero-order valence-corrected chi connectivity index (χ0v) is 15.4. The molecule has 5 heteroatoms. The first-order valence-electron chi connectivity index (χ1n) is 6.97. The van der Waals surface area contributed by atoms with Crippen molar-refractivity contribution in [3.8, 4) is 0 Å². The molecule has 2 radical (unpaired) electrons. The van der Waals surface area contributed by atoms with Gasteiger partial charge in [0.2, 0.25) is 0 Å². The van der Waals surface area contributed by atoms with Crippen LogP contribution in [-0.2, 0) is 14.3 Å². The average molecular weight is 389 g/mol. The van der Waals surface area contributed by atoms with Gasteiger partial charge in [-0.1, -0.05) is 12.7 Å². The first-order valence-corrected chi connectivity index (χ1v) is 11.0. The molecule has 0 aromatic heterocycles. The quantitative estimate of drug-likeness (QED) is 0.204. The van der Waals surface area contributed by atoms with Gasteiger partial charge in [-0.25, -0.2) is 9.59 Å². The molecule has 4 nitrogen and oxygen atoms in total. The fourth-order valence-electron chi connectivity index (χ4n) is 1.06. The Morgan fingerprint density at radius 1 is 1.15 bits per heavy atom. The van der Waals surface area contributed by atoms with Crippen LogP contribution in [0.15, 0.2) is 24.8 Å². The summed E-state index contributed by atoms with van der Waals surface area (Å²) in [4.78, 5) is 20.3. The van der Waals surface area contributed by atoms with Crippen LogP contribution >= 0.6 is 0 Å². The molecule has 0 aliphatic heterocycles. The Bertz CT molecular complexity index is 282. The summed E-state index contributed by atoms with van der Waals surface area (Å²) in [5, 5.41) is 8.07. The predicted molar refractivity (Wildman–Crippen MR) is 83.1 cm³/mol. The topological polar surface area (TPSA) is 63.6 Å². The van der Waals surface area contributed by atoms with Gasteiger partial charge in [0, 0.05) is 12.2 Å². The van der Waals surface area contributed by atoms with Crippen LogP contribution in [0.5, 0.6) is 0 Å². The molecule has 0 spiro atoms. The van der Waals surface area contributed by atoms with Crippen molar-refractivity contribution < 1.29 is 19.4 Å². The van der Waals surface area contributed by atoms with E-state index in [9.17, 15) is 9.59 Å². The van der Waals surface area contributed by atoms with E-state index in [2.05, 4.69) is 25.2 Å². The standard InChI is InChI=1S/C7H8O4.2C4H9.Sn/c1-2-5-11-7(10)4-3-6(8)9;2*1-3-4-2;/h2-4H,1,5H2,(H,8,9);2*1,3-4H2,2H3;/b4-3-;;;. The van der Waals surface area contributed by atoms with Crippen molar-refractivity contribution in [1.29, 1.82) is 0 Å². The normalized spacial score (nSPS) is 9.70. The number of hydrogen-bond donors (Lipinski definition) is 1. The third kappa shape index (κ3) is 22.4. The van der Waals surface area contributed by atoms with Crippen LogP contribution in [0.1, 0.15) is 39.5 Å². The summed E-state index contributed by atoms with van der Waals surface area (Å²) < 4.78 is 7.68. The Morgan fingerprint density at radius 2 is 1.70 bits per heavy atom. The zero-order chi connectivity index (χ0) is 15.6. The molecule has 0 saturated carbocycles. The minimum absolute atomic E-state index is 0.0861. The molecule has 0 rings (SSSR count). The van der Waals surface area contributed by atoms with E-state index in [1.165, 1.54) is 31.8 Å². The van der Waals surface area contributed by atoms with Crippen molar-refractivity contribution in [2.24, 2.45) is 0 Å². The number of carbonyl (C=O) groups is 2. The van der Waals surface area contributed by atoms with Crippen LogP contribution in [-0.4, -0.2) is 44.8 Å². The van der Waals surface area contributed by atoms with Gasteiger partial charge in [-0.15, -0.1) is 0 Å². The van der Waals surface area contributed by atoms with Crippen molar-refractivity contribution in [2.75, 3.05) is 6.61 Å². The van der Waals surface area contributed by atoms with E-state index in [4.69, 9.17) is 5.11 Å². The van der Waals surface area contributed by atoms with E-state index in [1.54, 1.807) is 8.87 Å². The molecular weight excluding hydrogens is 363 g/mol. The Kier molecular flexibility index (Phi) is 19.6. The molecule has 0 aromatic rings. The first kappa shape index (κ1) is 21.5. The minimum atomic E-state index is -1.18. The summed E-state index contributed by atoms with van der Waals surface area (Å²) >= 11 is 0.149. The van der Waals surface area contributed by atoms with Gasteiger partial charge in [0.1, 0.15) is 6.61 Å². The van der Waals surface area contributed by atoms with Crippen LogP contribution in [0.2, 0.25) is 8.87 Å². The first-order chi connectivity index (χ1) is 9.58. The van der Waals surface area contributed by atoms with Gasteiger partial charge in [0.05, 0.1) is 0 Å². The second-order valence-electron chi connectivity index (χ2n) is 4.05. The maximum absolute atomic E-state index is 10.5. The van der Waals surface area contributed by atoms with Gasteiger partial charge < -0.3 is 9.84 Å². The molecule has 20 heavy (non-hydrogen) atoms. The monoisotopic (exact) mass is 390 g/mol. The number of carboxylic acid groups (broad SMARTS) is 1. The molecule has 0 bridgehead atoms. The number of aliphatic carboxylic acids is 1. The van der Waals surface area contributed by atoms with E-state index < -0.39 is 11.9 Å². The third-order valence-electron chi connectivity index (χ3n) is 2.12. The summed E-state index contributed by atoms with van der Waals surface area (Å²) in [6.07, 6.45) is 8.79. The number of carboxylic acids is 1. The molecule has 114 valence electrons. The number of unbranched alkanes of at least 4 members (excludes halogenated alkanes) is 2. The van der Waals surface area contributed by atoms with Crippen LogP contribution in [0.4, 0.5) is 0 Å². The van der Waals surface area contributed by atoms with Crippen molar-refractivity contribution in [2.45, 2.75) is 48.4 Å². The van der Waals surface area contributed by atoms with E-state index >= 15 is 0 Å². The molecule has 0 aromatic carbocycles. The van der Waals surface area contributed by atoms with Gasteiger partial charge in [-0.05, 0) is 0 Å². The van der Waals surface area contributed by atoms with Crippen molar-refractivity contribution in [3.63, 3.8) is 0 Å². The van der Waals surface area contributed by atoms with Gasteiger partial charge in [-0.3, -0.25) is 0 Å². The number of ether oxygens (including phenoxy) is 1. The number of esters is 1. The van der Waals surface area contributed by atoms with Crippen LogP contribution in [0, 0.1) is 0 Å². The van der Waals surface area contributed by atoms with E-state index in [0.717, 1.165) is 6.08 Å². The van der Waals surface area contributed by atoms with Crippen LogP contribution in [0.3, 0.4) is 0 Å². The number of rotatable bonds is 10.